The monoisotopic (exact) mass is 263 g/mol. The molecule has 0 atom stereocenters. The maximum atomic E-state index is 4.76. The SMILES string of the molecule is CCN(CC(C)C)c1ccc(CNC(C)C)c(C)n1. The lowest BCUT2D eigenvalue weighted by Crippen LogP contribution is -2.28. The molecule has 0 fully saturated rings. The first-order valence-corrected chi connectivity index (χ1v) is 7.38. The van der Waals surface area contributed by atoms with E-state index in [0.717, 1.165) is 31.1 Å². The Morgan fingerprint density at radius 2 is 1.89 bits per heavy atom. The van der Waals surface area contributed by atoms with Crippen LogP contribution >= 0.6 is 0 Å². The maximum Gasteiger partial charge on any atom is 0.128 e. The Labute approximate surface area is 118 Å². The Kier molecular flexibility index (Phi) is 6.29. The molecule has 1 N–H and O–H groups in total. The van der Waals surface area contributed by atoms with E-state index in [9.17, 15) is 0 Å². The van der Waals surface area contributed by atoms with Crippen LogP contribution in [0.4, 0.5) is 5.82 Å². The first kappa shape index (κ1) is 16.0. The molecule has 0 saturated heterocycles. The quantitative estimate of drug-likeness (QED) is 0.817. The largest absolute Gasteiger partial charge is 0.357 e. The molecule has 3 nitrogen and oxygen atoms in total. The van der Waals surface area contributed by atoms with Gasteiger partial charge < -0.3 is 10.2 Å². The number of pyridine rings is 1. The van der Waals surface area contributed by atoms with Gasteiger partial charge in [0.05, 0.1) is 0 Å². The Bertz CT molecular complexity index is 386. The molecule has 1 aromatic rings. The third-order valence-corrected chi connectivity index (χ3v) is 3.17. The van der Waals surface area contributed by atoms with Gasteiger partial charge in [0.2, 0.25) is 0 Å². The molecule has 0 bridgehead atoms. The molecular weight excluding hydrogens is 234 g/mol. The third kappa shape index (κ3) is 5.19. The summed E-state index contributed by atoms with van der Waals surface area (Å²) in [7, 11) is 0. The van der Waals surface area contributed by atoms with Crippen LogP contribution in [0.15, 0.2) is 12.1 Å². The van der Waals surface area contributed by atoms with Crippen molar-refractivity contribution in [1.29, 1.82) is 0 Å². The highest BCUT2D eigenvalue weighted by Crippen LogP contribution is 2.16. The van der Waals surface area contributed by atoms with Gasteiger partial charge in [-0.05, 0) is 31.4 Å². The Morgan fingerprint density at radius 1 is 1.21 bits per heavy atom. The van der Waals surface area contributed by atoms with Crippen molar-refractivity contribution >= 4 is 5.82 Å². The van der Waals surface area contributed by atoms with Crippen molar-refractivity contribution in [3.05, 3.63) is 23.4 Å². The molecular formula is C16H29N3. The van der Waals surface area contributed by atoms with Crippen molar-refractivity contribution < 1.29 is 0 Å². The van der Waals surface area contributed by atoms with E-state index in [-0.39, 0.29) is 0 Å². The first-order chi connectivity index (χ1) is 8.93. The second kappa shape index (κ2) is 7.49. The van der Waals surface area contributed by atoms with Crippen LogP contribution in [-0.4, -0.2) is 24.1 Å². The van der Waals surface area contributed by atoms with Crippen molar-refractivity contribution in [2.24, 2.45) is 5.92 Å². The number of anilines is 1. The molecule has 0 spiro atoms. The number of hydrogen-bond donors (Lipinski definition) is 1. The van der Waals surface area contributed by atoms with Crippen LogP contribution in [0.2, 0.25) is 0 Å². The predicted octanol–water partition coefficient (Wildman–Crippen LogP) is 3.37. The van der Waals surface area contributed by atoms with Crippen molar-refractivity contribution in [3.8, 4) is 0 Å². The number of hydrogen-bond acceptors (Lipinski definition) is 3. The molecule has 0 aliphatic heterocycles. The molecule has 19 heavy (non-hydrogen) atoms. The standard InChI is InChI=1S/C16H29N3/c1-7-19(11-12(2)3)16-9-8-15(14(6)18-16)10-17-13(4)5/h8-9,12-13,17H,7,10-11H2,1-6H3. The molecule has 0 saturated carbocycles. The van der Waals surface area contributed by atoms with Crippen molar-refractivity contribution in [3.63, 3.8) is 0 Å². The molecule has 1 heterocycles. The number of nitrogens with one attached hydrogen (secondary N) is 1. The lowest BCUT2D eigenvalue weighted by Gasteiger charge is -2.24. The Balaban J connectivity index is 2.79. The van der Waals surface area contributed by atoms with E-state index in [2.05, 4.69) is 63.9 Å². The van der Waals surface area contributed by atoms with E-state index in [1.165, 1.54) is 5.56 Å². The summed E-state index contributed by atoms with van der Waals surface area (Å²) >= 11 is 0. The Hall–Kier alpha value is -1.09. The molecule has 0 radical (unpaired) electrons. The zero-order valence-electron chi connectivity index (χ0n) is 13.3. The van der Waals surface area contributed by atoms with Crippen LogP contribution in [-0.2, 0) is 6.54 Å². The summed E-state index contributed by atoms with van der Waals surface area (Å²) in [5.74, 6) is 1.76. The minimum Gasteiger partial charge on any atom is -0.357 e. The highest BCUT2D eigenvalue weighted by molar-refractivity contribution is 5.41. The summed E-state index contributed by atoms with van der Waals surface area (Å²) in [5.41, 5.74) is 2.42. The van der Waals surface area contributed by atoms with Gasteiger partial charge in [0.1, 0.15) is 5.82 Å². The van der Waals surface area contributed by atoms with E-state index >= 15 is 0 Å². The number of rotatable bonds is 7. The summed E-state index contributed by atoms with van der Waals surface area (Å²) in [6.07, 6.45) is 0. The van der Waals surface area contributed by atoms with Gasteiger partial charge >= 0.3 is 0 Å². The van der Waals surface area contributed by atoms with Crippen molar-refractivity contribution in [2.45, 2.75) is 54.1 Å². The molecule has 0 amide bonds. The number of aryl methyl sites for hydroxylation is 1. The lowest BCUT2D eigenvalue weighted by atomic mass is 10.1. The molecule has 108 valence electrons. The second-order valence-corrected chi connectivity index (χ2v) is 5.88. The summed E-state index contributed by atoms with van der Waals surface area (Å²) in [5, 5.41) is 3.44. The highest BCUT2D eigenvalue weighted by Gasteiger charge is 2.09. The predicted molar refractivity (Wildman–Crippen MR) is 83.7 cm³/mol. The second-order valence-electron chi connectivity index (χ2n) is 5.88. The highest BCUT2D eigenvalue weighted by atomic mass is 15.2. The molecule has 3 heteroatoms. The summed E-state index contributed by atoms with van der Waals surface area (Å²) in [6.45, 7) is 16.1. The van der Waals surface area contributed by atoms with Crippen LogP contribution in [0.3, 0.4) is 0 Å². The van der Waals surface area contributed by atoms with Gasteiger partial charge in [-0.15, -0.1) is 0 Å². The fraction of sp³-hybridized carbons (Fsp3) is 0.688. The van der Waals surface area contributed by atoms with E-state index in [1.54, 1.807) is 0 Å². The molecule has 0 aliphatic rings. The minimum absolute atomic E-state index is 0.507. The van der Waals surface area contributed by atoms with Crippen LogP contribution < -0.4 is 10.2 Å². The molecule has 0 aromatic carbocycles. The van der Waals surface area contributed by atoms with Crippen LogP contribution in [0.1, 0.15) is 45.9 Å². The third-order valence-electron chi connectivity index (χ3n) is 3.17. The molecule has 0 unspecified atom stereocenters. The van der Waals surface area contributed by atoms with E-state index in [4.69, 9.17) is 4.98 Å². The van der Waals surface area contributed by atoms with Gasteiger partial charge in [-0.2, -0.15) is 0 Å². The van der Waals surface area contributed by atoms with E-state index in [1.807, 2.05) is 0 Å². The first-order valence-electron chi connectivity index (χ1n) is 7.38. The van der Waals surface area contributed by atoms with Gasteiger partial charge in [0.25, 0.3) is 0 Å². The molecule has 1 aromatic heterocycles. The van der Waals surface area contributed by atoms with Crippen LogP contribution in [0.5, 0.6) is 0 Å². The van der Waals surface area contributed by atoms with Gasteiger partial charge in [-0.25, -0.2) is 4.98 Å². The summed E-state index contributed by atoms with van der Waals surface area (Å²) in [4.78, 5) is 7.11. The van der Waals surface area contributed by atoms with Crippen molar-refractivity contribution in [1.82, 2.24) is 10.3 Å². The lowest BCUT2D eigenvalue weighted by molar-refractivity contribution is 0.585. The van der Waals surface area contributed by atoms with Gasteiger partial charge in [-0.3, -0.25) is 0 Å². The minimum atomic E-state index is 0.507. The van der Waals surface area contributed by atoms with Gasteiger partial charge in [0.15, 0.2) is 0 Å². The number of aromatic nitrogens is 1. The van der Waals surface area contributed by atoms with Gasteiger partial charge in [-0.1, -0.05) is 33.8 Å². The smallest absolute Gasteiger partial charge is 0.128 e. The average molecular weight is 263 g/mol. The zero-order valence-corrected chi connectivity index (χ0v) is 13.3. The van der Waals surface area contributed by atoms with E-state index < -0.39 is 0 Å². The number of nitrogens with zero attached hydrogens (tertiary/aromatic N) is 2. The Morgan fingerprint density at radius 3 is 2.37 bits per heavy atom. The zero-order chi connectivity index (χ0) is 14.4. The van der Waals surface area contributed by atoms with E-state index in [0.29, 0.717) is 12.0 Å². The topological polar surface area (TPSA) is 28.2 Å². The normalized spacial score (nSPS) is 11.4. The summed E-state index contributed by atoms with van der Waals surface area (Å²) in [6, 6.07) is 4.86. The van der Waals surface area contributed by atoms with Crippen LogP contribution in [0, 0.1) is 12.8 Å². The maximum absolute atomic E-state index is 4.76. The van der Waals surface area contributed by atoms with Gasteiger partial charge in [0, 0.05) is 31.4 Å². The fourth-order valence-electron chi connectivity index (χ4n) is 2.08. The molecule has 0 aliphatic carbocycles. The molecule has 1 rings (SSSR count). The fourth-order valence-corrected chi connectivity index (χ4v) is 2.08. The van der Waals surface area contributed by atoms with Crippen LogP contribution in [0.25, 0.3) is 0 Å². The summed E-state index contributed by atoms with van der Waals surface area (Å²) < 4.78 is 0. The van der Waals surface area contributed by atoms with Crippen molar-refractivity contribution in [2.75, 3.05) is 18.0 Å². The average Bonchev–Trinajstić information content (AvgIpc) is 2.34.